The minimum Gasteiger partial charge on any atom is -0.481 e. The van der Waals surface area contributed by atoms with Gasteiger partial charge in [-0.05, 0) is 19.1 Å². The monoisotopic (exact) mass is 223 g/mol. The van der Waals surface area contributed by atoms with Gasteiger partial charge in [-0.25, -0.2) is 0 Å². The molecule has 0 bridgehead atoms. The lowest BCUT2D eigenvalue weighted by molar-refractivity contribution is -0.138. The van der Waals surface area contributed by atoms with Gasteiger partial charge in [-0.2, -0.15) is 0 Å². The van der Waals surface area contributed by atoms with Crippen LogP contribution in [0.1, 0.15) is 29.8 Å². The summed E-state index contributed by atoms with van der Waals surface area (Å²) in [6.07, 6.45) is 1.02. The maximum absolute atomic E-state index is 11.6. The van der Waals surface area contributed by atoms with Crippen LogP contribution in [-0.4, -0.2) is 27.3 Å². The first kappa shape index (κ1) is 12.2. The van der Waals surface area contributed by atoms with Gasteiger partial charge in [0.2, 0.25) is 5.91 Å². The number of carboxylic acid groups (broad SMARTS) is 1. The summed E-state index contributed by atoms with van der Waals surface area (Å²) in [5.41, 5.74) is 0.760. The van der Waals surface area contributed by atoms with E-state index >= 15 is 0 Å². The largest absolute Gasteiger partial charge is 0.481 e. The summed E-state index contributed by atoms with van der Waals surface area (Å²) >= 11 is 0. The van der Waals surface area contributed by atoms with Crippen LogP contribution >= 0.6 is 0 Å². The van der Waals surface area contributed by atoms with Gasteiger partial charge in [0.1, 0.15) is 5.78 Å². The third kappa shape index (κ3) is 3.34. The Bertz CT molecular complexity index is 419. The second-order valence-corrected chi connectivity index (χ2v) is 3.52. The zero-order chi connectivity index (χ0) is 12.1. The number of hydrogen-bond acceptors (Lipinski definition) is 3. The maximum Gasteiger partial charge on any atom is 0.303 e. The highest BCUT2D eigenvalue weighted by Gasteiger charge is 2.13. The van der Waals surface area contributed by atoms with Crippen molar-refractivity contribution in [3.05, 3.63) is 24.0 Å². The number of carboxylic acids is 1. The zero-order valence-electron chi connectivity index (χ0n) is 8.97. The lowest BCUT2D eigenvalue weighted by Crippen LogP contribution is -2.16. The molecule has 0 amide bonds. The van der Waals surface area contributed by atoms with Crippen LogP contribution in [0.4, 0.5) is 0 Å². The van der Waals surface area contributed by atoms with Crippen LogP contribution in [0.15, 0.2) is 18.3 Å². The van der Waals surface area contributed by atoms with Gasteiger partial charge in [-0.15, -0.1) is 0 Å². The predicted molar refractivity (Wildman–Crippen MR) is 56.3 cm³/mol. The predicted octanol–water partition coefficient (Wildman–Crippen LogP) is 1.26. The van der Waals surface area contributed by atoms with E-state index in [1.165, 1.54) is 4.57 Å². The molecule has 0 aliphatic rings. The maximum atomic E-state index is 11.6. The molecule has 1 rings (SSSR count). The van der Waals surface area contributed by atoms with Crippen molar-refractivity contribution < 1.29 is 19.5 Å². The number of carbonyl (C=O) groups is 3. The molecule has 1 N–H and O–H groups in total. The average Bonchev–Trinajstić information content (AvgIpc) is 2.61. The fourth-order valence-electron chi connectivity index (χ4n) is 1.33. The zero-order valence-corrected chi connectivity index (χ0v) is 8.97. The van der Waals surface area contributed by atoms with E-state index in [4.69, 9.17) is 5.11 Å². The Balaban J connectivity index is 2.49. The van der Waals surface area contributed by atoms with Crippen molar-refractivity contribution in [2.45, 2.75) is 26.2 Å². The summed E-state index contributed by atoms with van der Waals surface area (Å²) in [4.78, 5) is 33.1. The van der Waals surface area contributed by atoms with Crippen molar-refractivity contribution in [3.8, 4) is 0 Å². The highest BCUT2D eigenvalue weighted by Crippen LogP contribution is 2.04. The molecule has 5 heteroatoms. The van der Waals surface area contributed by atoms with E-state index in [0.717, 1.165) is 5.69 Å². The van der Waals surface area contributed by atoms with Gasteiger partial charge in [0, 0.05) is 18.3 Å². The molecule has 0 unspecified atom stereocenters. The molecule has 86 valence electrons. The molecule has 0 aromatic carbocycles. The highest BCUT2D eigenvalue weighted by molar-refractivity contribution is 6.00. The molecule has 0 spiro atoms. The van der Waals surface area contributed by atoms with Gasteiger partial charge in [0.25, 0.3) is 0 Å². The number of aromatic nitrogens is 1. The molecule has 5 nitrogen and oxygen atoms in total. The van der Waals surface area contributed by atoms with Crippen LogP contribution in [0.3, 0.4) is 0 Å². The standard InChI is InChI=1S/C11H13NO4/c1-8-3-2-6-12(8)10(14)7-9(13)4-5-11(15)16/h2-3,6H,4-5,7H2,1H3,(H,15,16). The topological polar surface area (TPSA) is 76.4 Å². The number of aliphatic carboxylic acids is 1. The minimum absolute atomic E-state index is 0.0958. The van der Waals surface area contributed by atoms with Crippen LogP contribution in [0.5, 0.6) is 0 Å². The first-order valence-electron chi connectivity index (χ1n) is 4.91. The van der Waals surface area contributed by atoms with Crippen molar-refractivity contribution in [1.82, 2.24) is 4.57 Å². The molecule has 0 saturated heterocycles. The number of Topliss-reactive ketones (excluding diaryl/α,β-unsaturated/α-hetero) is 1. The average molecular weight is 223 g/mol. The molecule has 0 radical (unpaired) electrons. The quantitative estimate of drug-likeness (QED) is 0.762. The van der Waals surface area contributed by atoms with Crippen LogP contribution in [-0.2, 0) is 9.59 Å². The number of ketones is 1. The van der Waals surface area contributed by atoms with E-state index in [1.807, 2.05) is 0 Å². The molecule has 1 aromatic heterocycles. The van der Waals surface area contributed by atoms with Crippen LogP contribution in [0.2, 0.25) is 0 Å². The fourth-order valence-corrected chi connectivity index (χ4v) is 1.33. The SMILES string of the molecule is Cc1cccn1C(=O)CC(=O)CCC(=O)O. The first-order chi connectivity index (χ1) is 7.50. The molecule has 0 fully saturated rings. The van der Waals surface area contributed by atoms with Crippen LogP contribution < -0.4 is 0 Å². The van der Waals surface area contributed by atoms with Gasteiger partial charge < -0.3 is 5.11 Å². The second-order valence-electron chi connectivity index (χ2n) is 3.52. The lowest BCUT2D eigenvalue weighted by atomic mass is 10.1. The van der Waals surface area contributed by atoms with Crippen molar-refractivity contribution in [2.75, 3.05) is 0 Å². The summed E-state index contributed by atoms with van der Waals surface area (Å²) in [5.74, 6) is -1.70. The highest BCUT2D eigenvalue weighted by atomic mass is 16.4. The van der Waals surface area contributed by atoms with E-state index in [0.29, 0.717) is 0 Å². The van der Waals surface area contributed by atoms with Crippen molar-refractivity contribution in [3.63, 3.8) is 0 Å². The molecule has 1 aromatic rings. The number of aryl methyl sites for hydroxylation is 1. The van der Waals surface area contributed by atoms with Gasteiger partial charge in [0.15, 0.2) is 0 Å². The number of rotatable bonds is 5. The van der Waals surface area contributed by atoms with E-state index in [2.05, 4.69) is 0 Å². The Morgan fingerprint density at radius 3 is 2.50 bits per heavy atom. The van der Waals surface area contributed by atoms with Crippen molar-refractivity contribution >= 4 is 17.7 Å². The molecule has 1 heterocycles. The summed E-state index contributed by atoms with van der Waals surface area (Å²) < 4.78 is 1.39. The molecule has 0 aliphatic carbocycles. The fraction of sp³-hybridized carbons (Fsp3) is 0.364. The first-order valence-corrected chi connectivity index (χ1v) is 4.91. The van der Waals surface area contributed by atoms with E-state index in [-0.39, 0.29) is 31.0 Å². The molecular formula is C11H13NO4. The molecular weight excluding hydrogens is 210 g/mol. The Morgan fingerprint density at radius 2 is 2.00 bits per heavy atom. The minimum atomic E-state index is -1.03. The number of nitrogens with zero attached hydrogens (tertiary/aromatic N) is 1. The summed E-state index contributed by atoms with van der Waals surface area (Å²) in [5, 5.41) is 8.38. The second kappa shape index (κ2) is 5.25. The summed E-state index contributed by atoms with van der Waals surface area (Å²) in [6, 6.07) is 3.48. The Morgan fingerprint density at radius 1 is 1.31 bits per heavy atom. The molecule has 0 atom stereocenters. The number of hydrogen-bond donors (Lipinski definition) is 1. The van der Waals surface area contributed by atoms with E-state index < -0.39 is 5.97 Å². The van der Waals surface area contributed by atoms with Crippen LogP contribution in [0.25, 0.3) is 0 Å². The van der Waals surface area contributed by atoms with E-state index in [9.17, 15) is 14.4 Å². The normalized spacial score (nSPS) is 10.1. The van der Waals surface area contributed by atoms with Crippen molar-refractivity contribution in [2.24, 2.45) is 0 Å². The van der Waals surface area contributed by atoms with Crippen LogP contribution in [0, 0.1) is 6.92 Å². The Hall–Kier alpha value is -1.91. The third-order valence-electron chi connectivity index (χ3n) is 2.19. The Kier molecular flexibility index (Phi) is 3.99. The molecule has 16 heavy (non-hydrogen) atoms. The Labute approximate surface area is 92.7 Å². The lowest BCUT2D eigenvalue weighted by Gasteiger charge is -2.03. The third-order valence-corrected chi connectivity index (χ3v) is 2.19. The summed E-state index contributed by atoms with van der Waals surface area (Å²) in [7, 11) is 0. The van der Waals surface area contributed by atoms with Crippen molar-refractivity contribution in [1.29, 1.82) is 0 Å². The smallest absolute Gasteiger partial charge is 0.303 e. The molecule has 0 aliphatic heterocycles. The van der Waals surface area contributed by atoms with Gasteiger partial charge in [-0.3, -0.25) is 19.0 Å². The summed E-state index contributed by atoms with van der Waals surface area (Å²) in [6.45, 7) is 1.76. The number of carbonyl (C=O) groups excluding carboxylic acids is 2. The molecule has 0 saturated carbocycles. The van der Waals surface area contributed by atoms with E-state index in [1.54, 1.807) is 25.3 Å². The van der Waals surface area contributed by atoms with Gasteiger partial charge >= 0.3 is 5.97 Å². The van der Waals surface area contributed by atoms with Gasteiger partial charge in [-0.1, -0.05) is 0 Å². The van der Waals surface area contributed by atoms with Gasteiger partial charge in [0.05, 0.1) is 12.8 Å².